The molecule has 1 aliphatic rings. The van der Waals surface area contributed by atoms with Gasteiger partial charge in [0.25, 0.3) is 5.89 Å². The number of hydrogen-bond donors (Lipinski definition) is 1. The minimum Gasteiger partial charge on any atom is -0.332 e. The third kappa shape index (κ3) is 2.26. The predicted octanol–water partition coefficient (Wildman–Crippen LogP) is 1.86. The predicted molar refractivity (Wildman–Crippen MR) is 83.3 cm³/mol. The summed E-state index contributed by atoms with van der Waals surface area (Å²) < 4.78 is 5.48. The van der Waals surface area contributed by atoms with Gasteiger partial charge in [-0.15, -0.1) is 0 Å². The quantitative estimate of drug-likeness (QED) is 0.778. The molecule has 4 rings (SSSR count). The van der Waals surface area contributed by atoms with E-state index in [0.717, 1.165) is 36.1 Å². The molecule has 3 aromatic rings. The molecule has 1 N–H and O–H groups in total. The van der Waals surface area contributed by atoms with E-state index in [2.05, 4.69) is 38.5 Å². The second kappa shape index (κ2) is 5.47. The number of hydrogen-bond acceptors (Lipinski definition) is 6. The lowest BCUT2D eigenvalue weighted by molar-refractivity contribution is 0.190. The molecule has 6 heteroatoms. The standard InChI is InChI=1S/C16H17N5O/c1-21-9-8-17-10-13(21)15-19-16(22-20-15)14-12-5-3-2-4-11(12)6-7-18-14/h2-7,13,17H,8-10H2,1H3. The fourth-order valence-corrected chi connectivity index (χ4v) is 2.85. The van der Waals surface area contributed by atoms with Crippen molar-refractivity contribution in [1.29, 1.82) is 0 Å². The fourth-order valence-electron chi connectivity index (χ4n) is 2.85. The van der Waals surface area contributed by atoms with Crippen LogP contribution in [-0.4, -0.2) is 46.7 Å². The van der Waals surface area contributed by atoms with E-state index in [9.17, 15) is 0 Å². The van der Waals surface area contributed by atoms with E-state index in [1.165, 1.54) is 0 Å². The Hall–Kier alpha value is -2.31. The fraction of sp³-hybridized carbons (Fsp3) is 0.312. The van der Waals surface area contributed by atoms with Gasteiger partial charge in [-0.1, -0.05) is 29.4 Å². The van der Waals surface area contributed by atoms with Crippen LogP contribution < -0.4 is 5.32 Å². The van der Waals surface area contributed by atoms with Crippen molar-refractivity contribution in [2.24, 2.45) is 0 Å². The van der Waals surface area contributed by atoms with Gasteiger partial charge in [-0.05, 0) is 18.5 Å². The van der Waals surface area contributed by atoms with Crippen LogP contribution in [0.25, 0.3) is 22.4 Å². The van der Waals surface area contributed by atoms with E-state index >= 15 is 0 Å². The highest BCUT2D eigenvalue weighted by atomic mass is 16.5. The summed E-state index contributed by atoms with van der Waals surface area (Å²) in [6.07, 6.45) is 1.77. The Morgan fingerprint density at radius 2 is 2.18 bits per heavy atom. The lowest BCUT2D eigenvalue weighted by Gasteiger charge is -2.30. The summed E-state index contributed by atoms with van der Waals surface area (Å²) in [5.74, 6) is 1.19. The maximum atomic E-state index is 5.48. The van der Waals surface area contributed by atoms with Crippen LogP contribution in [0.15, 0.2) is 41.1 Å². The summed E-state index contributed by atoms with van der Waals surface area (Å²) in [5, 5.41) is 9.67. The zero-order valence-corrected chi connectivity index (χ0v) is 12.4. The van der Waals surface area contributed by atoms with Crippen LogP contribution in [0.4, 0.5) is 0 Å². The van der Waals surface area contributed by atoms with E-state index in [0.29, 0.717) is 11.7 Å². The first-order valence-electron chi connectivity index (χ1n) is 7.41. The number of nitrogens with one attached hydrogen (secondary N) is 1. The molecule has 1 unspecified atom stereocenters. The zero-order chi connectivity index (χ0) is 14.9. The van der Waals surface area contributed by atoms with Crippen LogP contribution in [-0.2, 0) is 0 Å². The average Bonchev–Trinajstić information content (AvgIpc) is 3.04. The Morgan fingerprint density at radius 1 is 1.27 bits per heavy atom. The number of benzene rings is 1. The van der Waals surface area contributed by atoms with E-state index in [1.54, 1.807) is 6.20 Å². The first-order valence-corrected chi connectivity index (χ1v) is 7.41. The number of piperazine rings is 1. The molecule has 1 aromatic carbocycles. The van der Waals surface area contributed by atoms with Crippen molar-refractivity contribution in [3.63, 3.8) is 0 Å². The van der Waals surface area contributed by atoms with Gasteiger partial charge < -0.3 is 9.84 Å². The summed E-state index contributed by atoms with van der Waals surface area (Å²) in [6, 6.07) is 10.2. The second-order valence-electron chi connectivity index (χ2n) is 5.54. The van der Waals surface area contributed by atoms with Crippen molar-refractivity contribution in [2.75, 3.05) is 26.7 Å². The van der Waals surface area contributed by atoms with Crippen LogP contribution in [0.5, 0.6) is 0 Å². The number of likely N-dealkylation sites (N-methyl/N-ethyl adjacent to an activating group) is 1. The van der Waals surface area contributed by atoms with E-state index in [4.69, 9.17) is 4.52 Å². The Balaban J connectivity index is 1.74. The highest BCUT2D eigenvalue weighted by Gasteiger charge is 2.26. The molecule has 0 aliphatic carbocycles. The molecule has 0 saturated carbocycles. The van der Waals surface area contributed by atoms with Gasteiger partial charge in [0.15, 0.2) is 5.82 Å². The van der Waals surface area contributed by atoms with Crippen LogP contribution in [0, 0.1) is 0 Å². The number of rotatable bonds is 2. The van der Waals surface area contributed by atoms with Crippen molar-refractivity contribution in [2.45, 2.75) is 6.04 Å². The van der Waals surface area contributed by atoms with Gasteiger partial charge in [0.2, 0.25) is 0 Å². The van der Waals surface area contributed by atoms with E-state index < -0.39 is 0 Å². The molecule has 22 heavy (non-hydrogen) atoms. The van der Waals surface area contributed by atoms with Gasteiger partial charge in [0.1, 0.15) is 5.69 Å². The number of nitrogens with zero attached hydrogens (tertiary/aromatic N) is 4. The molecule has 0 amide bonds. The number of fused-ring (bicyclic) bond motifs is 1. The summed E-state index contributed by atoms with van der Waals surface area (Å²) in [7, 11) is 2.08. The molecule has 1 fully saturated rings. The second-order valence-corrected chi connectivity index (χ2v) is 5.54. The molecule has 3 heterocycles. The lowest BCUT2D eigenvalue weighted by Crippen LogP contribution is -2.44. The first-order chi connectivity index (χ1) is 10.8. The van der Waals surface area contributed by atoms with Gasteiger partial charge in [-0.2, -0.15) is 4.98 Å². The normalized spacial score (nSPS) is 19.6. The van der Waals surface area contributed by atoms with Crippen molar-refractivity contribution >= 4 is 10.8 Å². The first kappa shape index (κ1) is 13.4. The molecule has 6 nitrogen and oxygen atoms in total. The van der Waals surface area contributed by atoms with Gasteiger partial charge in [0, 0.05) is 31.2 Å². The highest BCUT2D eigenvalue weighted by molar-refractivity contribution is 5.92. The molecule has 0 bridgehead atoms. The van der Waals surface area contributed by atoms with Gasteiger partial charge in [0.05, 0.1) is 6.04 Å². The molecule has 112 valence electrons. The third-order valence-corrected chi connectivity index (χ3v) is 4.13. The third-order valence-electron chi connectivity index (χ3n) is 4.13. The van der Waals surface area contributed by atoms with Gasteiger partial charge >= 0.3 is 0 Å². The molecular weight excluding hydrogens is 278 g/mol. The largest absolute Gasteiger partial charge is 0.332 e. The molecule has 1 atom stereocenters. The van der Waals surface area contributed by atoms with Crippen molar-refractivity contribution < 1.29 is 4.52 Å². The Morgan fingerprint density at radius 3 is 3.09 bits per heavy atom. The molecule has 1 aliphatic heterocycles. The molecule has 0 spiro atoms. The van der Waals surface area contributed by atoms with E-state index in [1.807, 2.05) is 24.3 Å². The summed E-state index contributed by atoms with van der Waals surface area (Å²) >= 11 is 0. The van der Waals surface area contributed by atoms with Crippen LogP contribution in [0.1, 0.15) is 11.9 Å². The molecule has 2 aromatic heterocycles. The molecular formula is C16H17N5O. The Kier molecular flexibility index (Phi) is 3.32. The average molecular weight is 295 g/mol. The summed E-state index contributed by atoms with van der Waals surface area (Å²) in [5.41, 5.74) is 0.739. The number of aromatic nitrogens is 3. The van der Waals surface area contributed by atoms with Crippen molar-refractivity contribution in [1.82, 2.24) is 25.3 Å². The minimum absolute atomic E-state index is 0.140. The Bertz CT molecular complexity index is 795. The van der Waals surface area contributed by atoms with Crippen LogP contribution in [0.2, 0.25) is 0 Å². The molecule has 0 radical (unpaired) electrons. The summed E-state index contributed by atoms with van der Waals surface area (Å²) in [6.45, 7) is 2.79. The summed E-state index contributed by atoms with van der Waals surface area (Å²) in [4.78, 5) is 11.2. The number of pyridine rings is 1. The highest BCUT2D eigenvalue weighted by Crippen LogP contribution is 2.27. The topological polar surface area (TPSA) is 67.1 Å². The zero-order valence-electron chi connectivity index (χ0n) is 12.4. The maximum Gasteiger partial charge on any atom is 0.277 e. The lowest BCUT2D eigenvalue weighted by atomic mass is 10.1. The maximum absolute atomic E-state index is 5.48. The minimum atomic E-state index is 0.140. The molecule has 1 saturated heterocycles. The van der Waals surface area contributed by atoms with Crippen molar-refractivity contribution in [3.8, 4) is 11.6 Å². The van der Waals surface area contributed by atoms with Gasteiger partial charge in [-0.3, -0.25) is 9.88 Å². The Labute approximate surface area is 128 Å². The van der Waals surface area contributed by atoms with Crippen molar-refractivity contribution in [3.05, 3.63) is 42.4 Å². The smallest absolute Gasteiger partial charge is 0.277 e. The van der Waals surface area contributed by atoms with Gasteiger partial charge in [-0.25, -0.2) is 0 Å². The SMILES string of the molecule is CN1CCNCC1c1noc(-c2nccc3ccccc23)n1. The van der Waals surface area contributed by atoms with Crippen LogP contribution in [0.3, 0.4) is 0 Å². The monoisotopic (exact) mass is 295 g/mol. The van der Waals surface area contributed by atoms with Crippen LogP contribution >= 0.6 is 0 Å². The van der Waals surface area contributed by atoms with E-state index in [-0.39, 0.29) is 6.04 Å².